The summed E-state index contributed by atoms with van der Waals surface area (Å²) in [4.78, 5) is 4.04. The van der Waals surface area contributed by atoms with E-state index in [1.54, 1.807) is 24.3 Å². The van der Waals surface area contributed by atoms with Gasteiger partial charge in [0.1, 0.15) is 11.5 Å². The number of ether oxygens (including phenoxy) is 1. The van der Waals surface area contributed by atoms with Gasteiger partial charge < -0.3 is 15.2 Å². The van der Waals surface area contributed by atoms with Gasteiger partial charge in [-0.25, -0.2) is 0 Å². The summed E-state index contributed by atoms with van der Waals surface area (Å²) in [6, 6.07) is 9.73. The summed E-state index contributed by atoms with van der Waals surface area (Å²) in [6.45, 7) is -1.67. The van der Waals surface area contributed by atoms with E-state index >= 15 is 0 Å². The van der Waals surface area contributed by atoms with Crippen molar-refractivity contribution in [2.75, 3.05) is 0 Å². The van der Waals surface area contributed by atoms with Gasteiger partial charge in [-0.05, 0) is 29.8 Å². The van der Waals surface area contributed by atoms with Crippen molar-refractivity contribution in [3.63, 3.8) is 0 Å². The maximum atomic E-state index is 12.0. The lowest BCUT2D eigenvalue weighted by Gasteiger charge is -2.07. The molecule has 0 aliphatic rings. The standard InChI is InChI=1S/C14H14F2N2O2/c15-14(16)20-13-5-1-10(2-6-13)7-17-8-11-3-4-12(19)9-18-11/h1-6,9,14,17,19H,7-8H2. The van der Waals surface area contributed by atoms with Crippen LogP contribution in [-0.4, -0.2) is 16.7 Å². The molecule has 6 heteroatoms. The minimum absolute atomic E-state index is 0.128. The Kier molecular flexibility index (Phi) is 4.84. The summed E-state index contributed by atoms with van der Waals surface area (Å²) >= 11 is 0. The second kappa shape index (κ2) is 6.81. The fraction of sp³-hybridized carbons (Fsp3) is 0.214. The average Bonchev–Trinajstić information content (AvgIpc) is 2.42. The monoisotopic (exact) mass is 280 g/mol. The van der Waals surface area contributed by atoms with Crippen LogP contribution < -0.4 is 10.1 Å². The zero-order valence-electron chi connectivity index (χ0n) is 10.6. The van der Waals surface area contributed by atoms with Gasteiger partial charge in [-0.2, -0.15) is 8.78 Å². The highest BCUT2D eigenvalue weighted by Gasteiger charge is 2.03. The summed E-state index contributed by atoms with van der Waals surface area (Å²) < 4.78 is 28.2. The van der Waals surface area contributed by atoms with E-state index in [0.717, 1.165) is 11.3 Å². The first-order valence-electron chi connectivity index (χ1n) is 6.02. The smallest absolute Gasteiger partial charge is 0.387 e. The molecule has 2 rings (SSSR count). The molecule has 1 aromatic heterocycles. The molecule has 20 heavy (non-hydrogen) atoms. The Balaban J connectivity index is 1.80. The zero-order chi connectivity index (χ0) is 14.4. The molecule has 0 radical (unpaired) electrons. The van der Waals surface area contributed by atoms with Gasteiger partial charge in [-0.15, -0.1) is 0 Å². The van der Waals surface area contributed by atoms with E-state index in [-0.39, 0.29) is 11.5 Å². The van der Waals surface area contributed by atoms with Crippen molar-refractivity contribution in [3.8, 4) is 11.5 Å². The van der Waals surface area contributed by atoms with E-state index in [9.17, 15) is 8.78 Å². The highest BCUT2D eigenvalue weighted by molar-refractivity contribution is 5.27. The van der Waals surface area contributed by atoms with Gasteiger partial charge in [0.2, 0.25) is 0 Å². The van der Waals surface area contributed by atoms with E-state index < -0.39 is 6.61 Å². The predicted molar refractivity (Wildman–Crippen MR) is 69.5 cm³/mol. The number of hydrogen-bond acceptors (Lipinski definition) is 4. The summed E-state index contributed by atoms with van der Waals surface area (Å²) in [5.41, 5.74) is 1.76. The molecule has 0 saturated carbocycles. The number of halogens is 2. The van der Waals surface area contributed by atoms with Gasteiger partial charge in [-0.1, -0.05) is 12.1 Å². The normalized spacial score (nSPS) is 10.8. The zero-order valence-corrected chi connectivity index (χ0v) is 10.6. The fourth-order valence-electron chi connectivity index (χ4n) is 1.64. The van der Waals surface area contributed by atoms with Crippen molar-refractivity contribution in [2.45, 2.75) is 19.7 Å². The van der Waals surface area contributed by atoms with Gasteiger partial charge in [-0.3, -0.25) is 4.98 Å². The Morgan fingerprint density at radius 3 is 2.45 bits per heavy atom. The van der Waals surface area contributed by atoms with Crippen LogP contribution in [0.25, 0.3) is 0 Å². The number of benzene rings is 1. The molecule has 0 saturated heterocycles. The second-order valence-corrected chi connectivity index (χ2v) is 4.13. The van der Waals surface area contributed by atoms with Crippen LogP contribution in [0.1, 0.15) is 11.3 Å². The third-order valence-corrected chi connectivity index (χ3v) is 2.59. The second-order valence-electron chi connectivity index (χ2n) is 4.13. The molecule has 0 bridgehead atoms. The number of hydrogen-bond donors (Lipinski definition) is 2. The van der Waals surface area contributed by atoms with Gasteiger partial charge in [0.15, 0.2) is 0 Å². The molecule has 0 aliphatic carbocycles. The molecule has 1 aromatic carbocycles. The van der Waals surface area contributed by atoms with Crippen LogP contribution in [0.3, 0.4) is 0 Å². The van der Waals surface area contributed by atoms with E-state index in [0.29, 0.717) is 13.1 Å². The number of nitrogens with zero attached hydrogens (tertiary/aromatic N) is 1. The Morgan fingerprint density at radius 2 is 1.85 bits per heavy atom. The predicted octanol–water partition coefficient (Wildman–Crippen LogP) is 2.68. The minimum Gasteiger partial charge on any atom is -0.506 e. The van der Waals surface area contributed by atoms with E-state index in [4.69, 9.17) is 5.11 Å². The van der Waals surface area contributed by atoms with Gasteiger partial charge in [0, 0.05) is 13.1 Å². The molecule has 0 aliphatic heterocycles. The van der Waals surface area contributed by atoms with Crippen molar-refractivity contribution in [2.24, 2.45) is 0 Å². The van der Waals surface area contributed by atoms with Crippen molar-refractivity contribution in [1.29, 1.82) is 0 Å². The van der Waals surface area contributed by atoms with Crippen LogP contribution in [-0.2, 0) is 13.1 Å². The molecule has 1 heterocycles. The SMILES string of the molecule is Oc1ccc(CNCc2ccc(OC(F)F)cc2)nc1. The fourth-order valence-corrected chi connectivity index (χ4v) is 1.64. The summed E-state index contributed by atoms with van der Waals surface area (Å²) in [5.74, 6) is 0.271. The number of alkyl halides is 2. The topological polar surface area (TPSA) is 54.4 Å². The van der Waals surface area contributed by atoms with Crippen molar-refractivity contribution < 1.29 is 18.6 Å². The lowest BCUT2D eigenvalue weighted by Crippen LogP contribution is -2.13. The molecule has 4 nitrogen and oxygen atoms in total. The average molecular weight is 280 g/mol. The third kappa shape index (κ3) is 4.47. The third-order valence-electron chi connectivity index (χ3n) is 2.59. The first-order valence-corrected chi connectivity index (χ1v) is 6.02. The molecule has 0 spiro atoms. The molecule has 0 atom stereocenters. The number of pyridine rings is 1. The van der Waals surface area contributed by atoms with Gasteiger partial charge in [0.05, 0.1) is 11.9 Å². The molecule has 0 unspecified atom stereocenters. The van der Waals surface area contributed by atoms with Crippen LogP contribution in [0.15, 0.2) is 42.6 Å². The van der Waals surface area contributed by atoms with Crippen molar-refractivity contribution in [1.82, 2.24) is 10.3 Å². The summed E-state index contributed by atoms with van der Waals surface area (Å²) in [5, 5.41) is 12.3. The van der Waals surface area contributed by atoms with Crippen LogP contribution >= 0.6 is 0 Å². The lowest BCUT2D eigenvalue weighted by molar-refractivity contribution is -0.0498. The first-order chi connectivity index (χ1) is 9.63. The van der Waals surface area contributed by atoms with Crippen molar-refractivity contribution in [3.05, 3.63) is 53.9 Å². The first kappa shape index (κ1) is 14.2. The number of aromatic hydroxyl groups is 1. The van der Waals surface area contributed by atoms with Crippen LogP contribution in [0, 0.1) is 0 Å². The largest absolute Gasteiger partial charge is 0.506 e. The molecule has 0 amide bonds. The lowest BCUT2D eigenvalue weighted by atomic mass is 10.2. The Labute approximate surface area is 115 Å². The van der Waals surface area contributed by atoms with E-state index in [1.165, 1.54) is 18.3 Å². The molecular formula is C14H14F2N2O2. The van der Waals surface area contributed by atoms with Crippen LogP contribution in [0.4, 0.5) is 8.78 Å². The number of nitrogens with one attached hydrogen (secondary N) is 1. The summed E-state index contributed by atoms with van der Waals surface area (Å²) in [6.07, 6.45) is 1.38. The maximum Gasteiger partial charge on any atom is 0.387 e. The van der Waals surface area contributed by atoms with Crippen molar-refractivity contribution >= 4 is 0 Å². The van der Waals surface area contributed by atoms with Gasteiger partial charge in [0.25, 0.3) is 0 Å². The number of aromatic nitrogens is 1. The highest BCUT2D eigenvalue weighted by atomic mass is 19.3. The number of rotatable bonds is 6. The summed E-state index contributed by atoms with van der Waals surface area (Å²) in [7, 11) is 0. The molecule has 2 N–H and O–H groups in total. The molecule has 2 aromatic rings. The van der Waals surface area contributed by atoms with Crippen LogP contribution in [0.5, 0.6) is 11.5 Å². The van der Waals surface area contributed by atoms with E-state index in [1.807, 2.05) is 0 Å². The Bertz CT molecular complexity index is 530. The van der Waals surface area contributed by atoms with Crippen LogP contribution in [0.2, 0.25) is 0 Å². The molecular weight excluding hydrogens is 266 g/mol. The Hall–Kier alpha value is -2.21. The maximum absolute atomic E-state index is 12.0. The van der Waals surface area contributed by atoms with E-state index in [2.05, 4.69) is 15.0 Å². The molecule has 106 valence electrons. The minimum atomic E-state index is -2.81. The quantitative estimate of drug-likeness (QED) is 0.854. The molecule has 0 fully saturated rings. The Morgan fingerprint density at radius 1 is 1.10 bits per heavy atom. The van der Waals surface area contributed by atoms with Gasteiger partial charge >= 0.3 is 6.61 Å². The highest BCUT2D eigenvalue weighted by Crippen LogP contribution is 2.14.